The first kappa shape index (κ1) is 10.4. The number of aliphatic hydroxyl groups is 1. The normalized spacial score (nSPS) is 15.5. The molecule has 4 heteroatoms. The average molecular weight is 204 g/mol. The monoisotopic (exact) mass is 203 g/mol. The van der Waals surface area contributed by atoms with Crippen molar-refractivity contribution >= 4 is 11.6 Å². The summed E-state index contributed by atoms with van der Waals surface area (Å²) in [6.07, 6.45) is -0.751. The molecule has 0 fully saturated rings. The van der Waals surface area contributed by atoms with E-state index in [9.17, 15) is 9.50 Å². The summed E-state index contributed by atoms with van der Waals surface area (Å²) < 4.78 is 12.9. The average Bonchev–Trinajstić information content (AvgIpc) is 2.08. The molecule has 0 spiro atoms. The molecule has 0 unspecified atom stereocenters. The molecule has 1 aromatic rings. The van der Waals surface area contributed by atoms with Crippen LogP contribution in [0.3, 0.4) is 0 Å². The van der Waals surface area contributed by atoms with Gasteiger partial charge >= 0.3 is 0 Å². The van der Waals surface area contributed by atoms with Crippen molar-refractivity contribution in [3.05, 3.63) is 34.6 Å². The number of rotatable bonds is 2. The first-order valence-corrected chi connectivity index (χ1v) is 4.29. The molecule has 1 aromatic carbocycles. The zero-order valence-electron chi connectivity index (χ0n) is 7.17. The molecule has 0 radical (unpaired) electrons. The van der Waals surface area contributed by atoms with E-state index in [1.165, 1.54) is 19.1 Å². The minimum Gasteiger partial charge on any atom is -0.391 e. The molecule has 0 heterocycles. The van der Waals surface area contributed by atoms with Crippen molar-refractivity contribution in [3.63, 3.8) is 0 Å². The molecule has 72 valence electrons. The second-order valence-corrected chi connectivity index (χ2v) is 3.29. The highest BCUT2D eigenvalue weighted by Crippen LogP contribution is 2.25. The van der Waals surface area contributed by atoms with Gasteiger partial charge in [0.2, 0.25) is 0 Å². The molecule has 3 N–H and O–H groups in total. The lowest BCUT2D eigenvalue weighted by atomic mass is 10.0. The summed E-state index contributed by atoms with van der Waals surface area (Å²) in [5.74, 6) is -0.518. The number of hydrogen-bond acceptors (Lipinski definition) is 2. The fourth-order valence-electron chi connectivity index (χ4n) is 1.04. The second kappa shape index (κ2) is 4.05. The van der Waals surface area contributed by atoms with E-state index in [4.69, 9.17) is 17.3 Å². The lowest BCUT2D eigenvalue weighted by molar-refractivity contribution is 0.164. The third-order valence-electron chi connectivity index (χ3n) is 1.86. The van der Waals surface area contributed by atoms with Crippen molar-refractivity contribution in [2.24, 2.45) is 5.73 Å². The molecule has 2 atom stereocenters. The van der Waals surface area contributed by atoms with Gasteiger partial charge in [-0.15, -0.1) is 0 Å². The highest BCUT2D eigenvalue weighted by atomic mass is 35.5. The fraction of sp³-hybridized carbons (Fsp3) is 0.333. The van der Waals surface area contributed by atoms with Crippen LogP contribution in [0.25, 0.3) is 0 Å². The van der Waals surface area contributed by atoms with Crippen LogP contribution in [0.4, 0.5) is 4.39 Å². The van der Waals surface area contributed by atoms with E-state index in [1.807, 2.05) is 0 Å². The number of nitrogens with two attached hydrogens (primary N) is 1. The molecule has 0 aliphatic carbocycles. The Morgan fingerprint density at radius 2 is 2.15 bits per heavy atom. The summed E-state index contributed by atoms with van der Waals surface area (Å²) in [6, 6.07) is 3.71. The number of benzene rings is 1. The SMILES string of the molecule is C[C@@H](O)[C@H](N)c1cccc(F)c1Cl. The molecule has 2 nitrogen and oxygen atoms in total. The van der Waals surface area contributed by atoms with Gasteiger partial charge in [0.25, 0.3) is 0 Å². The summed E-state index contributed by atoms with van der Waals surface area (Å²) in [5, 5.41) is 9.17. The fourth-order valence-corrected chi connectivity index (χ4v) is 1.29. The Morgan fingerprint density at radius 3 is 2.69 bits per heavy atom. The van der Waals surface area contributed by atoms with E-state index < -0.39 is 18.0 Å². The molecule has 0 bridgehead atoms. The Bertz CT molecular complexity index is 304. The first-order chi connectivity index (χ1) is 6.04. The molecular weight excluding hydrogens is 193 g/mol. The maximum absolute atomic E-state index is 12.9. The maximum Gasteiger partial charge on any atom is 0.142 e. The molecular formula is C9H11ClFNO. The molecule has 0 aromatic heterocycles. The lowest BCUT2D eigenvalue weighted by Gasteiger charge is -2.16. The molecule has 0 saturated heterocycles. The number of hydrogen-bond donors (Lipinski definition) is 2. The van der Waals surface area contributed by atoms with Crippen molar-refractivity contribution in [2.75, 3.05) is 0 Å². The summed E-state index contributed by atoms with van der Waals surface area (Å²) in [6.45, 7) is 1.53. The van der Waals surface area contributed by atoms with Gasteiger partial charge in [-0.1, -0.05) is 23.7 Å². The summed E-state index contributed by atoms with van der Waals surface area (Å²) in [5.41, 5.74) is 6.03. The zero-order chi connectivity index (χ0) is 10.0. The van der Waals surface area contributed by atoms with E-state index in [0.29, 0.717) is 5.56 Å². The van der Waals surface area contributed by atoms with Crippen LogP contribution in [0.2, 0.25) is 5.02 Å². The van der Waals surface area contributed by atoms with E-state index >= 15 is 0 Å². The quantitative estimate of drug-likeness (QED) is 0.771. The van der Waals surface area contributed by atoms with Gasteiger partial charge < -0.3 is 10.8 Å². The van der Waals surface area contributed by atoms with Gasteiger partial charge in [0.15, 0.2) is 0 Å². The van der Waals surface area contributed by atoms with Crippen LogP contribution in [-0.4, -0.2) is 11.2 Å². The minimum atomic E-state index is -0.751. The van der Waals surface area contributed by atoms with Crippen molar-refractivity contribution < 1.29 is 9.50 Å². The van der Waals surface area contributed by atoms with Crippen molar-refractivity contribution in [1.29, 1.82) is 0 Å². The van der Waals surface area contributed by atoms with Crippen LogP contribution in [0.5, 0.6) is 0 Å². The van der Waals surface area contributed by atoms with Gasteiger partial charge in [-0.25, -0.2) is 4.39 Å². The van der Waals surface area contributed by atoms with Crippen LogP contribution >= 0.6 is 11.6 Å². The largest absolute Gasteiger partial charge is 0.391 e. The Hall–Kier alpha value is -0.640. The molecule has 1 rings (SSSR count). The van der Waals surface area contributed by atoms with Crippen LogP contribution in [0.1, 0.15) is 18.5 Å². The van der Waals surface area contributed by atoms with Gasteiger partial charge in [-0.05, 0) is 18.6 Å². The smallest absolute Gasteiger partial charge is 0.142 e. The Labute approximate surface area is 81.1 Å². The van der Waals surface area contributed by atoms with Crippen molar-refractivity contribution in [2.45, 2.75) is 19.1 Å². The molecule has 0 amide bonds. The van der Waals surface area contributed by atoms with Gasteiger partial charge in [0.05, 0.1) is 17.2 Å². The lowest BCUT2D eigenvalue weighted by Crippen LogP contribution is -2.23. The van der Waals surface area contributed by atoms with E-state index in [2.05, 4.69) is 0 Å². The van der Waals surface area contributed by atoms with Crippen LogP contribution in [0, 0.1) is 5.82 Å². The topological polar surface area (TPSA) is 46.2 Å². The van der Waals surface area contributed by atoms with Gasteiger partial charge in [0.1, 0.15) is 5.82 Å². The van der Waals surface area contributed by atoms with Gasteiger partial charge in [-0.3, -0.25) is 0 Å². The molecule has 13 heavy (non-hydrogen) atoms. The maximum atomic E-state index is 12.9. The number of aliphatic hydroxyl groups excluding tert-OH is 1. The molecule has 0 aliphatic rings. The summed E-state index contributed by atoms with van der Waals surface area (Å²) in [4.78, 5) is 0. The van der Waals surface area contributed by atoms with Gasteiger partial charge in [-0.2, -0.15) is 0 Å². The third kappa shape index (κ3) is 2.18. The Balaban J connectivity index is 3.07. The second-order valence-electron chi connectivity index (χ2n) is 2.91. The van der Waals surface area contributed by atoms with Crippen molar-refractivity contribution in [1.82, 2.24) is 0 Å². The van der Waals surface area contributed by atoms with Crippen LogP contribution < -0.4 is 5.73 Å². The van der Waals surface area contributed by atoms with Gasteiger partial charge in [0, 0.05) is 0 Å². The predicted octanol–water partition coefficient (Wildman–Crippen LogP) is 1.86. The Kier molecular flexibility index (Phi) is 3.25. The van der Waals surface area contributed by atoms with E-state index in [-0.39, 0.29) is 5.02 Å². The molecule has 0 aliphatic heterocycles. The third-order valence-corrected chi connectivity index (χ3v) is 2.26. The minimum absolute atomic E-state index is 0.0177. The van der Waals surface area contributed by atoms with Crippen LogP contribution in [0.15, 0.2) is 18.2 Å². The zero-order valence-corrected chi connectivity index (χ0v) is 7.92. The van der Waals surface area contributed by atoms with E-state index in [0.717, 1.165) is 0 Å². The Morgan fingerprint density at radius 1 is 1.54 bits per heavy atom. The molecule has 0 saturated carbocycles. The predicted molar refractivity (Wildman–Crippen MR) is 50.0 cm³/mol. The first-order valence-electron chi connectivity index (χ1n) is 3.91. The summed E-state index contributed by atoms with van der Waals surface area (Å²) >= 11 is 5.67. The standard InChI is InChI=1S/C9H11ClFNO/c1-5(13)9(12)6-3-2-4-7(11)8(6)10/h2-5,9,13H,12H2,1H3/t5-,9+/m1/s1. The van der Waals surface area contributed by atoms with Crippen LogP contribution in [-0.2, 0) is 0 Å². The highest BCUT2D eigenvalue weighted by molar-refractivity contribution is 6.31. The summed E-state index contributed by atoms with van der Waals surface area (Å²) in [7, 11) is 0. The van der Waals surface area contributed by atoms with E-state index in [1.54, 1.807) is 6.07 Å². The van der Waals surface area contributed by atoms with Crippen molar-refractivity contribution in [3.8, 4) is 0 Å². The number of halogens is 2. The highest BCUT2D eigenvalue weighted by Gasteiger charge is 2.16.